The van der Waals surface area contributed by atoms with Crippen LogP contribution in [0, 0.1) is 5.92 Å². The summed E-state index contributed by atoms with van der Waals surface area (Å²) in [7, 11) is 0. The van der Waals surface area contributed by atoms with Crippen LogP contribution in [0.1, 0.15) is 33.6 Å². The van der Waals surface area contributed by atoms with E-state index in [-0.39, 0.29) is 0 Å². The molecular weight excluding hydrogens is 146 g/mol. The molecule has 1 heteroatoms. The summed E-state index contributed by atoms with van der Waals surface area (Å²) in [4.78, 5) is 0. The maximum atomic E-state index is 5.69. The zero-order chi connectivity index (χ0) is 9.40. The van der Waals surface area contributed by atoms with Crippen molar-refractivity contribution in [3.05, 3.63) is 23.8 Å². The molecule has 1 unspecified atom stereocenters. The minimum absolute atomic E-state index is 0.552. The van der Waals surface area contributed by atoms with Crippen molar-refractivity contribution in [2.45, 2.75) is 33.6 Å². The summed E-state index contributed by atoms with van der Waals surface area (Å²) in [5, 5.41) is 0. The second kappa shape index (κ2) is 7.11. The molecule has 12 heavy (non-hydrogen) atoms. The van der Waals surface area contributed by atoms with Gasteiger partial charge in [-0.2, -0.15) is 0 Å². The second-order valence-corrected chi connectivity index (χ2v) is 3.01. The Morgan fingerprint density at radius 1 is 1.42 bits per heavy atom. The lowest BCUT2D eigenvalue weighted by Gasteiger charge is -2.14. The smallest absolute Gasteiger partial charge is 0.000836 e. The van der Waals surface area contributed by atoms with Gasteiger partial charge in [0.05, 0.1) is 0 Å². The summed E-state index contributed by atoms with van der Waals surface area (Å²) in [6, 6.07) is 0. The summed E-state index contributed by atoms with van der Waals surface area (Å²) in [5.41, 5.74) is 7.07. The van der Waals surface area contributed by atoms with E-state index in [0.29, 0.717) is 5.92 Å². The SMILES string of the molecule is C/C=C\C(=C/C)C(CN)CCC. The van der Waals surface area contributed by atoms with Crippen LogP contribution in [-0.4, -0.2) is 6.54 Å². The van der Waals surface area contributed by atoms with E-state index in [1.165, 1.54) is 18.4 Å². The van der Waals surface area contributed by atoms with Gasteiger partial charge in [0.25, 0.3) is 0 Å². The average Bonchev–Trinajstić information content (AvgIpc) is 2.11. The van der Waals surface area contributed by atoms with Crippen LogP contribution in [0.2, 0.25) is 0 Å². The molecular formula is C11H21N. The standard InChI is InChI=1S/C11H21N/c1-4-7-10(6-3)11(9-12)8-5-2/h4,6-7,11H,5,8-9,12H2,1-3H3/b7-4-,10-6+. The molecule has 0 radical (unpaired) electrons. The number of hydrogen-bond donors (Lipinski definition) is 1. The molecule has 0 aliphatic rings. The zero-order valence-electron chi connectivity index (χ0n) is 8.51. The third kappa shape index (κ3) is 3.72. The van der Waals surface area contributed by atoms with E-state index in [4.69, 9.17) is 5.73 Å². The van der Waals surface area contributed by atoms with Crippen LogP contribution in [0.5, 0.6) is 0 Å². The van der Waals surface area contributed by atoms with Crippen LogP contribution in [-0.2, 0) is 0 Å². The number of nitrogens with two attached hydrogens (primary N) is 1. The third-order valence-electron chi connectivity index (χ3n) is 2.09. The van der Waals surface area contributed by atoms with Crippen LogP contribution in [0.4, 0.5) is 0 Å². The lowest BCUT2D eigenvalue weighted by molar-refractivity contribution is 0.570. The van der Waals surface area contributed by atoms with Gasteiger partial charge in [-0.25, -0.2) is 0 Å². The van der Waals surface area contributed by atoms with Gasteiger partial charge in [-0.3, -0.25) is 0 Å². The Hall–Kier alpha value is -0.560. The van der Waals surface area contributed by atoms with Crippen LogP contribution in [0.3, 0.4) is 0 Å². The molecule has 0 saturated carbocycles. The zero-order valence-corrected chi connectivity index (χ0v) is 8.51. The fraction of sp³-hybridized carbons (Fsp3) is 0.636. The molecule has 70 valence electrons. The van der Waals surface area contributed by atoms with Crippen molar-refractivity contribution in [2.75, 3.05) is 6.54 Å². The van der Waals surface area contributed by atoms with Gasteiger partial charge in [-0.15, -0.1) is 0 Å². The van der Waals surface area contributed by atoms with E-state index in [1.807, 2.05) is 6.92 Å². The number of allylic oxidation sites excluding steroid dienone is 3. The molecule has 2 N–H and O–H groups in total. The van der Waals surface area contributed by atoms with Gasteiger partial charge >= 0.3 is 0 Å². The van der Waals surface area contributed by atoms with Crippen LogP contribution in [0.15, 0.2) is 23.8 Å². The molecule has 0 spiro atoms. The van der Waals surface area contributed by atoms with Crippen molar-refractivity contribution in [2.24, 2.45) is 11.7 Å². The second-order valence-electron chi connectivity index (χ2n) is 3.01. The van der Waals surface area contributed by atoms with E-state index in [9.17, 15) is 0 Å². The summed E-state index contributed by atoms with van der Waals surface area (Å²) in [6.45, 7) is 7.08. The van der Waals surface area contributed by atoms with Gasteiger partial charge < -0.3 is 5.73 Å². The molecule has 0 heterocycles. The van der Waals surface area contributed by atoms with E-state index in [1.54, 1.807) is 0 Å². The van der Waals surface area contributed by atoms with Gasteiger partial charge in [0.15, 0.2) is 0 Å². The molecule has 0 aromatic carbocycles. The summed E-state index contributed by atoms with van der Waals surface area (Å²) in [5.74, 6) is 0.552. The Labute approximate surface area is 76.3 Å². The predicted octanol–water partition coefficient (Wildman–Crippen LogP) is 2.88. The lowest BCUT2D eigenvalue weighted by Crippen LogP contribution is -2.15. The fourth-order valence-corrected chi connectivity index (χ4v) is 1.43. The first-order chi connectivity index (χ1) is 5.79. The van der Waals surface area contributed by atoms with Crippen molar-refractivity contribution in [1.29, 1.82) is 0 Å². The van der Waals surface area contributed by atoms with Crippen molar-refractivity contribution in [3.63, 3.8) is 0 Å². The maximum Gasteiger partial charge on any atom is -0.000836 e. The van der Waals surface area contributed by atoms with Crippen molar-refractivity contribution in [1.82, 2.24) is 0 Å². The average molecular weight is 167 g/mol. The Bertz CT molecular complexity index is 156. The molecule has 1 nitrogen and oxygen atoms in total. The highest BCUT2D eigenvalue weighted by atomic mass is 14.5. The maximum absolute atomic E-state index is 5.69. The van der Waals surface area contributed by atoms with E-state index >= 15 is 0 Å². The van der Waals surface area contributed by atoms with Crippen molar-refractivity contribution < 1.29 is 0 Å². The summed E-state index contributed by atoms with van der Waals surface area (Å²) >= 11 is 0. The minimum atomic E-state index is 0.552. The van der Waals surface area contributed by atoms with Gasteiger partial charge in [-0.1, -0.05) is 31.6 Å². The molecule has 0 aliphatic heterocycles. The Kier molecular flexibility index (Phi) is 6.78. The first kappa shape index (κ1) is 11.4. The Balaban J connectivity index is 4.24. The van der Waals surface area contributed by atoms with Gasteiger partial charge in [0.1, 0.15) is 0 Å². The predicted molar refractivity (Wildman–Crippen MR) is 56.0 cm³/mol. The topological polar surface area (TPSA) is 26.0 Å². The molecule has 0 fully saturated rings. The summed E-state index contributed by atoms with van der Waals surface area (Å²) in [6.07, 6.45) is 8.80. The van der Waals surface area contributed by atoms with Crippen LogP contribution >= 0.6 is 0 Å². The molecule has 0 aliphatic carbocycles. The highest BCUT2D eigenvalue weighted by Crippen LogP contribution is 2.16. The Morgan fingerprint density at radius 3 is 2.42 bits per heavy atom. The Morgan fingerprint density at radius 2 is 2.08 bits per heavy atom. The first-order valence-electron chi connectivity index (χ1n) is 4.79. The largest absolute Gasteiger partial charge is 0.330 e. The lowest BCUT2D eigenvalue weighted by atomic mass is 9.94. The molecule has 0 aromatic heterocycles. The minimum Gasteiger partial charge on any atom is -0.330 e. The molecule has 0 bridgehead atoms. The summed E-state index contributed by atoms with van der Waals surface area (Å²) < 4.78 is 0. The number of hydrogen-bond acceptors (Lipinski definition) is 1. The van der Waals surface area contributed by atoms with E-state index in [2.05, 4.69) is 32.1 Å². The van der Waals surface area contributed by atoms with Crippen LogP contribution < -0.4 is 5.73 Å². The molecule has 1 atom stereocenters. The molecule has 0 rings (SSSR count). The van der Waals surface area contributed by atoms with Crippen molar-refractivity contribution >= 4 is 0 Å². The monoisotopic (exact) mass is 167 g/mol. The van der Waals surface area contributed by atoms with Gasteiger partial charge in [-0.05, 0) is 38.3 Å². The number of rotatable bonds is 5. The molecule has 0 amide bonds. The van der Waals surface area contributed by atoms with Gasteiger partial charge in [0, 0.05) is 0 Å². The van der Waals surface area contributed by atoms with Gasteiger partial charge in [0.2, 0.25) is 0 Å². The molecule has 0 aromatic rings. The first-order valence-corrected chi connectivity index (χ1v) is 4.79. The highest BCUT2D eigenvalue weighted by molar-refractivity contribution is 5.20. The highest BCUT2D eigenvalue weighted by Gasteiger charge is 2.07. The molecule has 0 saturated heterocycles. The quantitative estimate of drug-likeness (QED) is 0.626. The van der Waals surface area contributed by atoms with Crippen molar-refractivity contribution in [3.8, 4) is 0 Å². The third-order valence-corrected chi connectivity index (χ3v) is 2.09. The van der Waals surface area contributed by atoms with Crippen LogP contribution in [0.25, 0.3) is 0 Å². The fourth-order valence-electron chi connectivity index (χ4n) is 1.43. The van der Waals surface area contributed by atoms with E-state index in [0.717, 1.165) is 6.54 Å². The van der Waals surface area contributed by atoms with E-state index < -0.39 is 0 Å². The normalized spacial score (nSPS) is 15.5.